The van der Waals surface area contributed by atoms with E-state index in [0.29, 0.717) is 6.54 Å². The molecule has 0 radical (unpaired) electrons. The molecule has 0 aliphatic heterocycles. The summed E-state index contributed by atoms with van der Waals surface area (Å²) in [5.74, 6) is 0.904. The number of anilines is 1. The van der Waals surface area contributed by atoms with Crippen LogP contribution in [0.2, 0.25) is 0 Å². The van der Waals surface area contributed by atoms with Crippen molar-refractivity contribution in [3.63, 3.8) is 0 Å². The van der Waals surface area contributed by atoms with Gasteiger partial charge < -0.3 is 15.3 Å². The molecule has 1 aliphatic rings. The molecule has 0 bridgehead atoms. The minimum absolute atomic E-state index is 0.335. The summed E-state index contributed by atoms with van der Waals surface area (Å²) in [4.78, 5) is 6.37. The van der Waals surface area contributed by atoms with Gasteiger partial charge in [0.15, 0.2) is 0 Å². The van der Waals surface area contributed by atoms with Gasteiger partial charge in [-0.1, -0.05) is 6.07 Å². The zero-order valence-corrected chi connectivity index (χ0v) is 10.6. The van der Waals surface area contributed by atoms with Crippen molar-refractivity contribution in [1.82, 2.24) is 10.3 Å². The molecule has 1 saturated carbocycles. The third-order valence-electron chi connectivity index (χ3n) is 2.91. The highest BCUT2D eigenvalue weighted by Gasteiger charge is 2.19. The lowest BCUT2D eigenvalue weighted by atomic mass is 10.2. The Labute approximate surface area is 103 Å². The van der Waals surface area contributed by atoms with Crippen LogP contribution in [0.15, 0.2) is 18.3 Å². The summed E-state index contributed by atoms with van der Waals surface area (Å²) in [6, 6.07) is 4.83. The second-order valence-electron chi connectivity index (χ2n) is 4.91. The minimum atomic E-state index is -0.335. The van der Waals surface area contributed by atoms with Crippen LogP contribution in [-0.4, -0.2) is 35.8 Å². The first-order valence-electron chi connectivity index (χ1n) is 6.22. The van der Waals surface area contributed by atoms with E-state index < -0.39 is 0 Å². The van der Waals surface area contributed by atoms with Crippen LogP contribution >= 0.6 is 0 Å². The normalized spacial score (nSPS) is 16.9. The number of nitrogens with one attached hydrogen (secondary N) is 1. The summed E-state index contributed by atoms with van der Waals surface area (Å²) in [7, 11) is 1.94. The van der Waals surface area contributed by atoms with E-state index in [1.807, 2.05) is 24.2 Å². The van der Waals surface area contributed by atoms with Gasteiger partial charge in [-0.3, -0.25) is 0 Å². The summed E-state index contributed by atoms with van der Waals surface area (Å²) in [5, 5.41) is 12.8. The molecule has 1 aromatic rings. The van der Waals surface area contributed by atoms with Crippen molar-refractivity contribution >= 4 is 5.82 Å². The first kappa shape index (κ1) is 12.3. The Morgan fingerprint density at radius 1 is 1.53 bits per heavy atom. The molecule has 1 heterocycles. The fourth-order valence-corrected chi connectivity index (χ4v) is 1.79. The van der Waals surface area contributed by atoms with Crippen molar-refractivity contribution < 1.29 is 5.11 Å². The maximum atomic E-state index is 9.31. The summed E-state index contributed by atoms with van der Waals surface area (Å²) >= 11 is 0. The molecule has 94 valence electrons. The number of hydrogen-bond acceptors (Lipinski definition) is 4. The summed E-state index contributed by atoms with van der Waals surface area (Å²) in [6.07, 6.45) is 4.19. The highest BCUT2D eigenvalue weighted by molar-refractivity contribution is 5.38. The number of nitrogens with zero attached hydrogens (tertiary/aromatic N) is 2. The van der Waals surface area contributed by atoms with Gasteiger partial charge in [0.2, 0.25) is 0 Å². The van der Waals surface area contributed by atoms with E-state index in [9.17, 15) is 5.11 Å². The van der Waals surface area contributed by atoms with Crippen LogP contribution in [0.1, 0.15) is 25.3 Å². The Bertz CT molecular complexity index is 346. The molecular formula is C13H21N3O. The number of hydrogen-bond donors (Lipinski definition) is 2. The molecule has 0 amide bonds. The molecular weight excluding hydrogens is 214 g/mol. The van der Waals surface area contributed by atoms with Crippen molar-refractivity contribution in [3.05, 3.63) is 23.9 Å². The molecule has 2 N–H and O–H groups in total. The number of rotatable bonds is 6. The number of pyridine rings is 1. The lowest BCUT2D eigenvalue weighted by molar-refractivity contribution is 0.201. The van der Waals surface area contributed by atoms with Crippen LogP contribution in [0.3, 0.4) is 0 Å². The van der Waals surface area contributed by atoms with Crippen LogP contribution in [0.5, 0.6) is 0 Å². The molecule has 17 heavy (non-hydrogen) atoms. The third kappa shape index (κ3) is 3.98. The Kier molecular flexibility index (Phi) is 3.97. The van der Waals surface area contributed by atoms with Gasteiger partial charge in [0.1, 0.15) is 5.82 Å². The van der Waals surface area contributed by atoms with Crippen LogP contribution in [0.4, 0.5) is 5.82 Å². The smallest absolute Gasteiger partial charge is 0.128 e. The van der Waals surface area contributed by atoms with E-state index in [1.165, 1.54) is 18.4 Å². The number of likely N-dealkylation sites (N-methyl/N-ethyl adjacent to an activating group) is 1. The highest BCUT2D eigenvalue weighted by atomic mass is 16.3. The van der Waals surface area contributed by atoms with Crippen LogP contribution < -0.4 is 10.2 Å². The average molecular weight is 235 g/mol. The summed E-state index contributed by atoms with van der Waals surface area (Å²) in [6.45, 7) is 3.29. The zero-order valence-electron chi connectivity index (χ0n) is 10.6. The first-order valence-corrected chi connectivity index (χ1v) is 6.22. The molecule has 1 unspecified atom stereocenters. The van der Waals surface area contributed by atoms with Crippen molar-refractivity contribution in [2.24, 2.45) is 0 Å². The predicted octanol–water partition coefficient (Wildman–Crippen LogP) is 1.15. The molecule has 2 rings (SSSR count). The van der Waals surface area contributed by atoms with Gasteiger partial charge in [0.05, 0.1) is 6.10 Å². The fourth-order valence-electron chi connectivity index (χ4n) is 1.79. The molecule has 0 aromatic carbocycles. The summed E-state index contributed by atoms with van der Waals surface area (Å²) < 4.78 is 0. The van der Waals surface area contributed by atoms with Crippen LogP contribution in [0.25, 0.3) is 0 Å². The molecule has 4 nitrogen and oxygen atoms in total. The Balaban J connectivity index is 1.87. The second-order valence-corrected chi connectivity index (χ2v) is 4.91. The molecule has 0 saturated heterocycles. The van der Waals surface area contributed by atoms with E-state index >= 15 is 0 Å². The number of aliphatic hydroxyl groups is 1. The van der Waals surface area contributed by atoms with Gasteiger partial charge in [-0.2, -0.15) is 0 Å². The zero-order chi connectivity index (χ0) is 12.3. The predicted molar refractivity (Wildman–Crippen MR) is 69.0 cm³/mol. The molecule has 1 aliphatic carbocycles. The third-order valence-corrected chi connectivity index (χ3v) is 2.91. The van der Waals surface area contributed by atoms with E-state index in [1.54, 1.807) is 6.92 Å². The van der Waals surface area contributed by atoms with Gasteiger partial charge in [-0.25, -0.2) is 4.98 Å². The maximum absolute atomic E-state index is 9.31. The maximum Gasteiger partial charge on any atom is 0.128 e. The Morgan fingerprint density at radius 2 is 2.29 bits per heavy atom. The van der Waals surface area contributed by atoms with Gasteiger partial charge in [-0.05, 0) is 31.4 Å². The summed E-state index contributed by atoms with van der Waals surface area (Å²) in [5.41, 5.74) is 1.21. The fraction of sp³-hybridized carbons (Fsp3) is 0.615. The van der Waals surface area contributed by atoms with Gasteiger partial charge >= 0.3 is 0 Å². The van der Waals surface area contributed by atoms with E-state index in [-0.39, 0.29) is 6.10 Å². The van der Waals surface area contributed by atoms with Gasteiger partial charge in [-0.15, -0.1) is 0 Å². The monoisotopic (exact) mass is 235 g/mol. The molecule has 1 atom stereocenters. The lowest BCUT2D eigenvalue weighted by Gasteiger charge is -2.19. The lowest BCUT2D eigenvalue weighted by Crippen LogP contribution is -2.27. The first-order chi connectivity index (χ1) is 8.15. The average Bonchev–Trinajstić information content (AvgIpc) is 3.10. The van der Waals surface area contributed by atoms with Crippen LogP contribution in [-0.2, 0) is 6.54 Å². The molecule has 0 spiro atoms. The Morgan fingerprint density at radius 3 is 2.82 bits per heavy atom. The van der Waals surface area contributed by atoms with E-state index in [4.69, 9.17) is 0 Å². The molecule has 1 aromatic heterocycles. The molecule has 4 heteroatoms. The van der Waals surface area contributed by atoms with Crippen molar-refractivity contribution in [1.29, 1.82) is 0 Å². The largest absolute Gasteiger partial charge is 0.392 e. The Hall–Kier alpha value is -1.13. The van der Waals surface area contributed by atoms with Crippen molar-refractivity contribution in [2.75, 3.05) is 18.5 Å². The van der Waals surface area contributed by atoms with E-state index in [2.05, 4.69) is 16.4 Å². The minimum Gasteiger partial charge on any atom is -0.392 e. The quantitative estimate of drug-likeness (QED) is 0.776. The second kappa shape index (κ2) is 5.47. The standard InChI is InChI=1S/C13H21N3O/c1-10(17)9-16(2)13-6-3-11(8-15-13)7-14-12-4-5-12/h3,6,8,10,12,14,17H,4-5,7,9H2,1-2H3. The number of aliphatic hydroxyl groups excluding tert-OH is 1. The topological polar surface area (TPSA) is 48.4 Å². The highest BCUT2D eigenvalue weighted by Crippen LogP contribution is 2.19. The molecule has 1 fully saturated rings. The van der Waals surface area contributed by atoms with E-state index in [0.717, 1.165) is 18.4 Å². The SMILES string of the molecule is CC(O)CN(C)c1ccc(CNC2CC2)cn1. The van der Waals surface area contributed by atoms with Crippen molar-refractivity contribution in [3.8, 4) is 0 Å². The van der Waals surface area contributed by atoms with Gasteiger partial charge in [0.25, 0.3) is 0 Å². The number of aromatic nitrogens is 1. The van der Waals surface area contributed by atoms with Crippen LogP contribution in [0, 0.1) is 0 Å². The van der Waals surface area contributed by atoms with Gasteiger partial charge in [0, 0.05) is 32.4 Å². The van der Waals surface area contributed by atoms with Crippen molar-refractivity contribution in [2.45, 2.75) is 38.5 Å².